The van der Waals surface area contributed by atoms with Crippen molar-refractivity contribution < 1.29 is 4.79 Å². The van der Waals surface area contributed by atoms with E-state index in [4.69, 9.17) is 5.73 Å². The Hall–Kier alpha value is -1.82. The third kappa shape index (κ3) is 2.53. The number of nitrogen functional groups attached to an aromatic ring is 1. The monoisotopic (exact) mass is 308 g/mol. The van der Waals surface area contributed by atoms with Gasteiger partial charge in [0.15, 0.2) is 0 Å². The molecular weight excluding hydrogens is 296 g/mol. The van der Waals surface area contributed by atoms with E-state index >= 15 is 0 Å². The number of anilines is 2. The van der Waals surface area contributed by atoms with Gasteiger partial charge in [0.2, 0.25) is 0 Å². The fraction of sp³-hybridized carbons (Fsp3) is 0.167. The lowest BCUT2D eigenvalue weighted by Crippen LogP contribution is -2.14. The summed E-state index contributed by atoms with van der Waals surface area (Å²) in [4.78, 5) is 12.0. The summed E-state index contributed by atoms with van der Waals surface area (Å²) in [7, 11) is 1.78. The summed E-state index contributed by atoms with van der Waals surface area (Å²) in [5.41, 5.74) is 7.63. The van der Waals surface area contributed by atoms with Gasteiger partial charge in [-0.2, -0.15) is 5.10 Å². The summed E-state index contributed by atoms with van der Waals surface area (Å²) in [6.07, 6.45) is 0. The van der Waals surface area contributed by atoms with Gasteiger partial charge < -0.3 is 11.1 Å². The average Bonchev–Trinajstić information content (AvgIpc) is 2.61. The van der Waals surface area contributed by atoms with Crippen molar-refractivity contribution in [2.75, 3.05) is 11.1 Å². The highest BCUT2D eigenvalue weighted by atomic mass is 79.9. The molecule has 18 heavy (non-hydrogen) atoms. The second-order valence-electron chi connectivity index (χ2n) is 3.98. The van der Waals surface area contributed by atoms with Crippen LogP contribution in [0.3, 0.4) is 0 Å². The van der Waals surface area contributed by atoms with Crippen molar-refractivity contribution in [1.29, 1.82) is 0 Å². The van der Waals surface area contributed by atoms with E-state index in [1.165, 1.54) is 0 Å². The smallest absolute Gasteiger partial charge is 0.256 e. The molecule has 0 aliphatic carbocycles. The minimum atomic E-state index is -0.211. The highest BCUT2D eigenvalue weighted by molar-refractivity contribution is 9.10. The SMILES string of the molecule is Cc1cc(NC(=O)c2ccc(Br)c(N)c2)n(C)n1. The zero-order chi connectivity index (χ0) is 13.3. The molecule has 0 saturated carbocycles. The Labute approximate surface area is 113 Å². The molecule has 0 radical (unpaired) electrons. The second-order valence-corrected chi connectivity index (χ2v) is 4.84. The number of hydrogen-bond acceptors (Lipinski definition) is 3. The highest BCUT2D eigenvalue weighted by Gasteiger charge is 2.10. The molecule has 5 nitrogen and oxygen atoms in total. The van der Waals surface area contributed by atoms with E-state index in [0.717, 1.165) is 10.2 Å². The lowest BCUT2D eigenvalue weighted by molar-refractivity contribution is 0.102. The maximum absolute atomic E-state index is 12.0. The van der Waals surface area contributed by atoms with Crippen molar-refractivity contribution in [3.63, 3.8) is 0 Å². The quantitative estimate of drug-likeness (QED) is 0.836. The molecular formula is C12H13BrN4O. The number of nitrogens with one attached hydrogen (secondary N) is 1. The van der Waals surface area contributed by atoms with Crippen LogP contribution in [0.2, 0.25) is 0 Å². The minimum absolute atomic E-state index is 0.211. The van der Waals surface area contributed by atoms with Crippen LogP contribution >= 0.6 is 15.9 Å². The molecule has 0 saturated heterocycles. The van der Waals surface area contributed by atoms with Crippen LogP contribution in [0.15, 0.2) is 28.7 Å². The standard InChI is InChI=1S/C12H13BrN4O/c1-7-5-11(17(2)16-7)15-12(18)8-3-4-9(13)10(14)6-8/h3-6H,14H2,1-2H3,(H,15,18). The van der Waals surface area contributed by atoms with Gasteiger partial charge in [0, 0.05) is 28.8 Å². The maximum atomic E-state index is 12.0. The van der Waals surface area contributed by atoms with Crippen molar-refractivity contribution in [2.24, 2.45) is 7.05 Å². The molecule has 2 rings (SSSR count). The number of carbonyl (C=O) groups is 1. The van der Waals surface area contributed by atoms with Crippen molar-refractivity contribution >= 4 is 33.3 Å². The molecule has 0 spiro atoms. The van der Waals surface area contributed by atoms with Gasteiger partial charge in [-0.05, 0) is 41.1 Å². The molecule has 0 aliphatic rings. The summed E-state index contributed by atoms with van der Waals surface area (Å²) in [6, 6.07) is 6.89. The molecule has 0 fully saturated rings. The van der Waals surface area contributed by atoms with Crippen molar-refractivity contribution in [1.82, 2.24) is 9.78 Å². The van der Waals surface area contributed by atoms with Crippen LogP contribution in [0.5, 0.6) is 0 Å². The molecule has 0 bridgehead atoms. The van der Waals surface area contributed by atoms with Gasteiger partial charge in [-0.25, -0.2) is 0 Å². The lowest BCUT2D eigenvalue weighted by Gasteiger charge is -2.06. The van der Waals surface area contributed by atoms with E-state index in [1.807, 2.05) is 6.92 Å². The summed E-state index contributed by atoms with van der Waals surface area (Å²) in [6.45, 7) is 1.87. The summed E-state index contributed by atoms with van der Waals surface area (Å²) < 4.78 is 2.39. The molecule has 3 N–H and O–H groups in total. The number of nitrogens with two attached hydrogens (primary N) is 1. The zero-order valence-electron chi connectivity index (χ0n) is 10.1. The normalized spacial score (nSPS) is 10.4. The number of amides is 1. The van der Waals surface area contributed by atoms with Crippen molar-refractivity contribution in [3.8, 4) is 0 Å². The van der Waals surface area contributed by atoms with E-state index in [2.05, 4.69) is 26.3 Å². The van der Waals surface area contributed by atoms with Crippen molar-refractivity contribution in [2.45, 2.75) is 6.92 Å². The van der Waals surface area contributed by atoms with Crippen LogP contribution in [0.4, 0.5) is 11.5 Å². The third-order valence-corrected chi connectivity index (χ3v) is 3.22. The summed E-state index contributed by atoms with van der Waals surface area (Å²) in [5, 5.41) is 6.94. The topological polar surface area (TPSA) is 72.9 Å². The molecule has 0 atom stereocenters. The van der Waals surface area contributed by atoms with Crippen LogP contribution in [-0.2, 0) is 7.05 Å². The Balaban J connectivity index is 2.22. The fourth-order valence-electron chi connectivity index (χ4n) is 1.60. The largest absolute Gasteiger partial charge is 0.398 e. The van der Waals surface area contributed by atoms with E-state index in [9.17, 15) is 4.79 Å². The van der Waals surface area contributed by atoms with Gasteiger partial charge in [0.25, 0.3) is 5.91 Å². The Morgan fingerprint density at radius 1 is 1.44 bits per heavy atom. The third-order valence-electron chi connectivity index (χ3n) is 2.50. The number of carbonyl (C=O) groups excluding carboxylic acids is 1. The lowest BCUT2D eigenvalue weighted by atomic mass is 10.2. The average molecular weight is 309 g/mol. The minimum Gasteiger partial charge on any atom is -0.398 e. The van der Waals surface area contributed by atoms with E-state index in [1.54, 1.807) is 36.0 Å². The maximum Gasteiger partial charge on any atom is 0.256 e. The number of hydrogen-bond donors (Lipinski definition) is 2. The number of halogens is 1. The van der Waals surface area contributed by atoms with Gasteiger partial charge in [-0.1, -0.05) is 0 Å². The van der Waals surface area contributed by atoms with Gasteiger partial charge in [-0.15, -0.1) is 0 Å². The molecule has 1 aromatic heterocycles. The first-order chi connectivity index (χ1) is 8.47. The number of benzene rings is 1. The van der Waals surface area contributed by atoms with Crippen LogP contribution in [0, 0.1) is 6.92 Å². The van der Waals surface area contributed by atoms with E-state index in [-0.39, 0.29) is 5.91 Å². The first-order valence-electron chi connectivity index (χ1n) is 5.34. The molecule has 1 aromatic carbocycles. The van der Waals surface area contributed by atoms with E-state index < -0.39 is 0 Å². The first kappa shape index (κ1) is 12.6. The Morgan fingerprint density at radius 2 is 2.17 bits per heavy atom. The molecule has 0 unspecified atom stereocenters. The molecule has 0 aliphatic heterocycles. The van der Waals surface area contributed by atoms with Crippen LogP contribution in [0.25, 0.3) is 0 Å². The molecule has 1 amide bonds. The number of rotatable bonds is 2. The Bertz CT molecular complexity index is 606. The number of nitrogens with zero attached hydrogens (tertiary/aromatic N) is 2. The molecule has 94 valence electrons. The predicted molar refractivity (Wildman–Crippen MR) is 74.5 cm³/mol. The van der Waals surface area contributed by atoms with Gasteiger partial charge in [0.1, 0.15) is 5.82 Å². The summed E-state index contributed by atoms with van der Waals surface area (Å²) in [5.74, 6) is 0.441. The van der Waals surface area contributed by atoms with Gasteiger partial charge in [0.05, 0.1) is 5.69 Å². The second kappa shape index (κ2) is 4.81. The van der Waals surface area contributed by atoms with Gasteiger partial charge >= 0.3 is 0 Å². The predicted octanol–water partition coefficient (Wildman–Crippen LogP) is 2.33. The first-order valence-corrected chi connectivity index (χ1v) is 6.13. The highest BCUT2D eigenvalue weighted by Crippen LogP contribution is 2.21. The molecule has 2 aromatic rings. The Morgan fingerprint density at radius 3 is 2.72 bits per heavy atom. The number of aryl methyl sites for hydroxylation is 2. The van der Waals surface area contributed by atoms with Crippen LogP contribution in [-0.4, -0.2) is 15.7 Å². The zero-order valence-corrected chi connectivity index (χ0v) is 11.7. The van der Waals surface area contributed by atoms with Crippen LogP contribution in [0.1, 0.15) is 16.1 Å². The fourth-order valence-corrected chi connectivity index (χ4v) is 1.85. The number of aromatic nitrogens is 2. The molecule has 6 heteroatoms. The molecule has 1 heterocycles. The van der Waals surface area contributed by atoms with E-state index in [0.29, 0.717) is 17.1 Å². The van der Waals surface area contributed by atoms with Crippen LogP contribution < -0.4 is 11.1 Å². The summed E-state index contributed by atoms with van der Waals surface area (Å²) >= 11 is 3.29. The van der Waals surface area contributed by atoms with Gasteiger partial charge in [-0.3, -0.25) is 9.48 Å². The Kier molecular flexibility index (Phi) is 3.38. The van der Waals surface area contributed by atoms with Crippen molar-refractivity contribution in [3.05, 3.63) is 40.0 Å².